The Hall–Kier alpha value is -0.780. The molecule has 0 saturated heterocycles. The summed E-state index contributed by atoms with van der Waals surface area (Å²) < 4.78 is 0. The Bertz CT molecular complexity index is 497. The lowest BCUT2D eigenvalue weighted by atomic mass is 10.2. The Kier molecular flexibility index (Phi) is 4.48. The normalized spacial score (nSPS) is 12.9. The highest BCUT2D eigenvalue weighted by Crippen LogP contribution is 2.26. The Morgan fingerprint density at radius 1 is 1.28 bits per heavy atom. The summed E-state index contributed by atoms with van der Waals surface area (Å²) in [5.74, 6) is 0. The van der Waals surface area contributed by atoms with Crippen LogP contribution in [0.3, 0.4) is 0 Å². The van der Waals surface area contributed by atoms with E-state index in [2.05, 4.69) is 43.0 Å². The molecule has 5 heteroatoms. The van der Waals surface area contributed by atoms with Crippen LogP contribution in [0.25, 0.3) is 0 Å². The molecule has 2 heterocycles. The van der Waals surface area contributed by atoms with Crippen molar-refractivity contribution < 1.29 is 0 Å². The van der Waals surface area contributed by atoms with E-state index in [1.165, 1.54) is 14.8 Å². The number of aryl methyl sites for hydroxylation is 3. The van der Waals surface area contributed by atoms with Crippen LogP contribution in [0.5, 0.6) is 0 Å². The van der Waals surface area contributed by atoms with E-state index in [1.807, 2.05) is 6.20 Å². The van der Waals surface area contributed by atoms with E-state index >= 15 is 0 Å². The summed E-state index contributed by atoms with van der Waals surface area (Å²) in [6, 6.07) is 0.339. The van der Waals surface area contributed by atoms with Crippen LogP contribution < -0.4 is 5.32 Å². The van der Waals surface area contributed by atoms with Crippen LogP contribution in [-0.4, -0.2) is 16.5 Å². The molecule has 18 heavy (non-hydrogen) atoms. The number of hydrogen-bond donors (Lipinski definition) is 1. The van der Waals surface area contributed by atoms with Crippen LogP contribution in [0.1, 0.15) is 38.4 Å². The second-order valence-corrected chi connectivity index (χ2v) is 6.90. The number of likely N-dealkylation sites (N-methyl/N-ethyl adjacent to an activating group) is 1. The van der Waals surface area contributed by atoms with Gasteiger partial charge in [0, 0.05) is 28.4 Å². The Morgan fingerprint density at radius 2 is 2.06 bits per heavy atom. The van der Waals surface area contributed by atoms with E-state index in [-0.39, 0.29) is 0 Å². The number of nitrogens with zero attached hydrogens (tertiary/aromatic N) is 2. The zero-order valence-corrected chi connectivity index (χ0v) is 12.9. The van der Waals surface area contributed by atoms with Crippen LogP contribution in [0.15, 0.2) is 6.20 Å². The summed E-state index contributed by atoms with van der Waals surface area (Å²) in [6.07, 6.45) is 2.94. The van der Waals surface area contributed by atoms with Gasteiger partial charge < -0.3 is 5.32 Å². The Balaban J connectivity index is 2.15. The van der Waals surface area contributed by atoms with Gasteiger partial charge in [0.2, 0.25) is 0 Å². The van der Waals surface area contributed by atoms with Crippen molar-refractivity contribution in [3.8, 4) is 0 Å². The first-order chi connectivity index (χ1) is 8.60. The van der Waals surface area contributed by atoms with Crippen molar-refractivity contribution in [2.75, 3.05) is 6.54 Å². The summed E-state index contributed by atoms with van der Waals surface area (Å²) in [5.41, 5.74) is 1.16. The molecule has 0 aliphatic carbocycles. The smallest absolute Gasteiger partial charge is 0.0950 e. The number of hydrogen-bond acceptors (Lipinski definition) is 5. The lowest BCUT2D eigenvalue weighted by Crippen LogP contribution is -2.22. The second kappa shape index (κ2) is 5.91. The maximum atomic E-state index is 4.63. The van der Waals surface area contributed by atoms with Crippen molar-refractivity contribution in [3.05, 3.63) is 31.7 Å². The number of thiazole rings is 2. The predicted octanol–water partition coefficient (Wildman–Crippen LogP) is 3.42. The zero-order valence-electron chi connectivity index (χ0n) is 11.3. The Morgan fingerprint density at radius 3 is 2.56 bits per heavy atom. The second-order valence-electron chi connectivity index (χ2n) is 4.35. The van der Waals surface area contributed by atoms with E-state index in [0.29, 0.717) is 6.04 Å². The van der Waals surface area contributed by atoms with Gasteiger partial charge in [-0.2, -0.15) is 0 Å². The first kappa shape index (κ1) is 13.6. The molecule has 2 rings (SSSR count). The molecule has 0 radical (unpaired) electrons. The average Bonchev–Trinajstić information content (AvgIpc) is 2.86. The molecule has 2 aromatic heterocycles. The third kappa shape index (κ3) is 3.16. The van der Waals surface area contributed by atoms with Gasteiger partial charge in [-0.15, -0.1) is 22.7 Å². The van der Waals surface area contributed by atoms with Crippen molar-refractivity contribution in [3.63, 3.8) is 0 Å². The monoisotopic (exact) mass is 281 g/mol. The van der Waals surface area contributed by atoms with Gasteiger partial charge in [-0.3, -0.25) is 0 Å². The average molecular weight is 281 g/mol. The fraction of sp³-hybridized carbons (Fsp3) is 0.538. The first-order valence-electron chi connectivity index (χ1n) is 6.18. The molecular formula is C13H19N3S2. The van der Waals surface area contributed by atoms with E-state index in [9.17, 15) is 0 Å². The third-order valence-corrected chi connectivity index (χ3v) is 5.01. The summed E-state index contributed by atoms with van der Waals surface area (Å²) in [7, 11) is 0. The minimum absolute atomic E-state index is 0.339. The Labute approximate surface area is 116 Å². The van der Waals surface area contributed by atoms with Gasteiger partial charge in [0.05, 0.1) is 15.7 Å². The molecule has 98 valence electrons. The van der Waals surface area contributed by atoms with Crippen molar-refractivity contribution in [2.24, 2.45) is 0 Å². The molecule has 1 unspecified atom stereocenters. The molecule has 3 nitrogen and oxygen atoms in total. The SMILES string of the molecule is CCNC(Cc1nc(C)c(C)s1)c1cnc(C)s1. The quantitative estimate of drug-likeness (QED) is 0.912. The van der Waals surface area contributed by atoms with E-state index in [4.69, 9.17) is 0 Å². The van der Waals surface area contributed by atoms with Crippen molar-refractivity contribution in [2.45, 2.75) is 40.2 Å². The van der Waals surface area contributed by atoms with Crippen molar-refractivity contribution in [1.82, 2.24) is 15.3 Å². The molecule has 0 aromatic carbocycles. The molecule has 1 atom stereocenters. The van der Waals surface area contributed by atoms with Crippen molar-refractivity contribution in [1.29, 1.82) is 0 Å². The lowest BCUT2D eigenvalue weighted by Gasteiger charge is -2.14. The van der Waals surface area contributed by atoms with Gasteiger partial charge in [-0.25, -0.2) is 9.97 Å². The van der Waals surface area contributed by atoms with E-state index < -0.39 is 0 Å². The summed E-state index contributed by atoms with van der Waals surface area (Å²) in [6.45, 7) is 9.36. The van der Waals surface area contributed by atoms with Gasteiger partial charge in [0.1, 0.15) is 0 Å². The van der Waals surface area contributed by atoms with Crippen LogP contribution in [0.4, 0.5) is 0 Å². The highest BCUT2D eigenvalue weighted by molar-refractivity contribution is 7.12. The minimum atomic E-state index is 0.339. The summed E-state index contributed by atoms with van der Waals surface area (Å²) >= 11 is 3.57. The van der Waals surface area contributed by atoms with E-state index in [1.54, 1.807) is 22.7 Å². The van der Waals surface area contributed by atoms with Gasteiger partial charge in [-0.05, 0) is 27.3 Å². The summed E-state index contributed by atoms with van der Waals surface area (Å²) in [4.78, 5) is 11.6. The number of nitrogens with one attached hydrogen (secondary N) is 1. The molecule has 0 fully saturated rings. The van der Waals surface area contributed by atoms with Crippen LogP contribution in [-0.2, 0) is 6.42 Å². The molecule has 0 aliphatic heterocycles. The molecule has 0 saturated carbocycles. The molecule has 2 aromatic rings. The topological polar surface area (TPSA) is 37.8 Å². The number of rotatable bonds is 5. The highest BCUT2D eigenvalue weighted by Gasteiger charge is 2.16. The fourth-order valence-corrected chi connectivity index (χ4v) is 3.70. The maximum absolute atomic E-state index is 4.63. The molecule has 0 bridgehead atoms. The first-order valence-corrected chi connectivity index (χ1v) is 7.82. The van der Waals surface area contributed by atoms with E-state index in [0.717, 1.165) is 23.7 Å². The van der Waals surface area contributed by atoms with Gasteiger partial charge >= 0.3 is 0 Å². The molecule has 0 spiro atoms. The molecular weight excluding hydrogens is 262 g/mol. The zero-order chi connectivity index (χ0) is 13.1. The van der Waals surface area contributed by atoms with Gasteiger partial charge in [0.15, 0.2) is 0 Å². The van der Waals surface area contributed by atoms with Crippen LogP contribution >= 0.6 is 22.7 Å². The minimum Gasteiger partial charge on any atom is -0.309 e. The molecule has 1 N–H and O–H groups in total. The van der Waals surface area contributed by atoms with Crippen molar-refractivity contribution >= 4 is 22.7 Å². The predicted molar refractivity (Wildman–Crippen MR) is 78.6 cm³/mol. The van der Waals surface area contributed by atoms with Gasteiger partial charge in [-0.1, -0.05) is 6.92 Å². The van der Waals surface area contributed by atoms with Crippen LogP contribution in [0, 0.1) is 20.8 Å². The fourth-order valence-electron chi connectivity index (χ4n) is 1.86. The molecule has 0 amide bonds. The standard InChI is InChI=1S/C13H19N3S2/c1-5-14-11(12-7-15-10(4)18-12)6-13-16-8(2)9(3)17-13/h7,11,14H,5-6H2,1-4H3. The summed E-state index contributed by atoms with van der Waals surface area (Å²) in [5, 5.41) is 5.86. The maximum Gasteiger partial charge on any atom is 0.0950 e. The van der Waals surface area contributed by atoms with Gasteiger partial charge in [0.25, 0.3) is 0 Å². The largest absolute Gasteiger partial charge is 0.309 e. The third-order valence-electron chi connectivity index (χ3n) is 2.88. The highest BCUT2D eigenvalue weighted by atomic mass is 32.1. The number of aromatic nitrogens is 2. The van der Waals surface area contributed by atoms with Crippen LogP contribution in [0.2, 0.25) is 0 Å². The lowest BCUT2D eigenvalue weighted by molar-refractivity contribution is 0.556. The molecule has 0 aliphatic rings.